The molecule has 0 bridgehead atoms. The summed E-state index contributed by atoms with van der Waals surface area (Å²) in [6, 6.07) is 9.76. The van der Waals surface area contributed by atoms with Crippen LogP contribution < -0.4 is 0 Å². The van der Waals surface area contributed by atoms with Gasteiger partial charge in [-0.15, -0.1) is 10.2 Å². The number of nitrogens with zero attached hydrogens (tertiary/aromatic N) is 3. The molecule has 0 fully saturated rings. The fourth-order valence-corrected chi connectivity index (χ4v) is 2.43. The molecule has 0 amide bonds. The maximum absolute atomic E-state index is 10.7. The van der Waals surface area contributed by atoms with Gasteiger partial charge in [-0.3, -0.25) is 9.36 Å². The number of carboxylic acid groups (broad SMARTS) is 1. The summed E-state index contributed by atoms with van der Waals surface area (Å²) in [6.07, 6.45) is 1.78. The summed E-state index contributed by atoms with van der Waals surface area (Å²) in [5, 5.41) is 17.6. The Kier molecular flexibility index (Phi) is 4.57. The summed E-state index contributed by atoms with van der Waals surface area (Å²) in [4.78, 5) is 10.7. The molecule has 19 heavy (non-hydrogen) atoms. The average molecular weight is 277 g/mol. The van der Waals surface area contributed by atoms with Crippen LogP contribution in [0.2, 0.25) is 0 Å². The molecule has 0 aliphatic carbocycles. The molecule has 1 N–H and O–H groups in total. The van der Waals surface area contributed by atoms with E-state index >= 15 is 0 Å². The van der Waals surface area contributed by atoms with Crippen LogP contribution >= 0.6 is 11.8 Å². The molecule has 5 nitrogen and oxygen atoms in total. The molecule has 1 heterocycles. The van der Waals surface area contributed by atoms with E-state index in [9.17, 15) is 4.79 Å². The topological polar surface area (TPSA) is 68.0 Å². The summed E-state index contributed by atoms with van der Waals surface area (Å²) in [7, 11) is 0. The van der Waals surface area contributed by atoms with Gasteiger partial charge in [0, 0.05) is 12.1 Å². The van der Waals surface area contributed by atoms with Crippen molar-refractivity contribution in [2.45, 2.75) is 24.9 Å². The van der Waals surface area contributed by atoms with Gasteiger partial charge in [-0.1, -0.05) is 36.9 Å². The predicted octanol–water partition coefficient (Wildman–Crippen LogP) is 2.40. The highest BCUT2D eigenvalue weighted by molar-refractivity contribution is 7.99. The summed E-state index contributed by atoms with van der Waals surface area (Å²) in [5.74, 6) is -0.0110. The molecule has 0 aliphatic rings. The molecule has 0 radical (unpaired) electrons. The van der Waals surface area contributed by atoms with E-state index in [0.29, 0.717) is 5.16 Å². The molecular weight excluding hydrogens is 262 g/mol. The van der Waals surface area contributed by atoms with Gasteiger partial charge in [-0.05, 0) is 18.6 Å². The van der Waals surface area contributed by atoms with E-state index in [0.717, 1.165) is 24.4 Å². The molecule has 0 saturated heterocycles. The SMILES string of the molecule is CCCc1nnc(SCC(=O)O)n1-c1ccccc1. The molecule has 2 rings (SSSR count). The molecule has 0 atom stereocenters. The first-order chi connectivity index (χ1) is 9.22. The number of benzene rings is 1. The van der Waals surface area contributed by atoms with Gasteiger partial charge in [0.25, 0.3) is 0 Å². The van der Waals surface area contributed by atoms with Crippen LogP contribution in [0, 0.1) is 0 Å². The van der Waals surface area contributed by atoms with Crippen LogP contribution in [0.4, 0.5) is 0 Å². The third-order valence-corrected chi connectivity index (χ3v) is 3.43. The van der Waals surface area contributed by atoms with E-state index in [4.69, 9.17) is 5.11 Å². The minimum absolute atomic E-state index is 0.0168. The third-order valence-electron chi connectivity index (χ3n) is 2.51. The summed E-state index contributed by atoms with van der Waals surface area (Å²) in [6.45, 7) is 2.08. The Labute approximate surface area is 115 Å². The summed E-state index contributed by atoms with van der Waals surface area (Å²) in [5.41, 5.74) is 0.962. The van der Waals surface area contributed by atoms with Crippen LogP contribution in [0.15, 0.2) is 35.5 Å². The Morgan fingerprint density at radius 1 is 1.32 bits per heavy atom. The van der Waals surface area contributed by atoms with E-state index in [-0.39, 0.29) is 5.75 Å². The number of rotatable bonds is 6. The standard InChI is InChI=1S/C13H15N3O2S/c1-2-6-11-14-15-13(19-9-12(17)18)16(11)10-7-4-3-5-8-10/h3-5,7-8H,2,6,9H2,1H3,(H,17,18). The molecular formula is C13H15N3O2S. The van der Waals surface area contributed by atoms with Gasteiger partial charge in [0.2, 0.25) is 0 Å². The molecule has 6 heteroatoms. The van der Waals surface area contributed by atoms with E-state index in [1.807, 2.05) is 34.9 Å². The molecule has 1 aromatic heterocycles. The number of carboxylic acids is 1. The first-order valence-electron chi connectivity index (χ1n) is 6.06. The zero-order valence-corrected chi connectivity index (χ0v) is 11.4. The lowest BCUT2D eigenvalue weighted by atomic mass is 10.3. The van der Waals surface area contributed by atoms with Gasteiger partial charge in [0.05, 0.1) is 5.75 Å². The number of thioether (sulfide) groups is 1. The van der Waals surface area contributed by atoms with Crippen LogP contribution in [0.25, 0.3) is 5.69 Å². The lowest BCUT2D eigenvalue weighted by Crippen LogP contribution is -2.04. The Hall–Kier alpha value is -1.82. The molecule has 1 aromatic carbocycles. The smallest absolute Gasteiger partial charge is 0.313 e. The van der Waals surface area contributed by atoms with E-state index in [2.05, 4.69) is 17.1 Å². The van der Waals surface area contributed by atoms with Gasteiger partial charge < -0.3 is 5.11 Å². The maximum Gasteiger partial charge on any atom is 0.313 e. The monoisotopic (exact) mass is 277 g/mol. The van der Waals surface area contributed by atoms with Crippen molar-refractivity contribution in [2.75, 3.05) is 5.75 Å². The van der Waals surface area contributed by atoms with Gasteiger partial charge in [0.15, 0.2) is 5.16 Å². The fourth-order valence-electron chi connectivity index (χ4n) is 1.74. The van der Waals surface area contributed by atoms with Crippen molar-refractivity contribution in [2.24, 2.45) is 0 Å². The first kappa shape index (κ1) is 13.6. The third kappa shape index (κ3) is 3.35. The van der Waals surface area contributed by atoms with E-state index in [1.165, 1.54) is 11.8 Å². The Morgan fingerprint density at radius 3 is 2.68 bits per heavy atom. The molecule has 0 spiro atoms. The minimum Gasteiger partial charge on any atom is -0.481 e. The van der Waals surface area contributed by atoms with Crippen molar-refractivity contribution in [3.8, 4) is 5.69 Å². The number of aromatic nitrogens is 3. The summed E-state index contributed by atoms with van der Waals surface area (Å²) >= 11 is 1.19. The van der Waals surface area contributed by atoms with Crippen molar-refractivity contribution in [1.82, 2.24) is 14.8 Å². The Morgan fingerprint density at radius 2 is 2.05 bits per heavy atom. The molecule has 2 aromatic rings. The predicted molar refractivity (Wildman–Crippen MR) is 73.7 cm³/mol. The van der Waals surface area contributed by atoms with Crippen molar-refractivity contribution in [3.05, 3.63) is 36.2 Å². The van der Waals surface area contributed by atoms with Gasteiger partial charge in [0.1, 0.15) is 5.82 Å². The van der Waals surface area contributed by atoms with Crippen LogP contribution in [-0.2, 0) is 11.2 Å². The number of hydrogen-bond donors (Lipinski definition) is 1. The van der Waals surface area contributed by atoms with Crippen LogP contribution in [0.5, 0.6) is 0 Å². The van der Waals surface area contributed by atoms with Crippen LogP contribution in [0.3, 0.4) is 0 Å². The maximum atomic E-state index is 10.7. The Balaban J connectivity index is 2.36. The summed E-state index contributed by atoms with van der Waals surface area (Å²) < 4.78 is 1.93. The van der Waals surface area contributed by atoms with Crippen molar-refractivity contribution >= 4 is 17.7 Å². The largest absolute Gasteiger partial charge is 0.481 e. The van der Waals surface area contributed by atoms with Gasteiger partial charge in [-0.25, -0.2) is 0 Å². The molecule has 0 saturated carbocycles. The minimum atomic E-state index is -0.857. The zero-order chi connectivity index (χ0) is 13.7. The second-order valence-electron chi connectivity index (χ2n) is 4.00. The second kappa shape index (κ2) is 6.38. The number of aryl methyl sites for hydroxylation is 1. The number of hydrogen-bond acceptors (Lipinski definition) is 4. The highest BCUT2D eigenvalue weighted by Crippen LogP contribution is 2.22. The first-order valence-corrected chi connectivity index (χ1v) is 7.05. The second-order valence-corrected chi connectivity index (χ2v) is 4.94. The van der Waals surface area contributed by atoms with E-state index in [1.54, 1.807) is 0 Å². The van der Waals surface area contributed by atoms with E-state index < -0.39 is 5.97 Å². The highest BCUT2D eigenvalue weighted by Gasteiger charge is 2.14. The van der Waals surface area contributed by atoms with Crippen molar-refractivity contribution in [3.63, 3.8) is 0 Å². The zero-order valence-electron chi connectivity index (χ0n) is 10.6. The Bertz CT molecular complexity index is 554. The fraction of sp³-hybridized carbons (Fsp3) is 0.308. The lowest BCUT2D eigenvalue weighted by molar-refractivity contribution is -0.133. The molecule has 0 aliphatic heterocycles. The van der Waals surface area contributed by atoms with Crippen molar-refractivity contribution in [1.29, 1.82) is 0 Å². The quantitative estimate of drug-likeness (QED) is 0.821. The van der Waals surface area contributed by atoms with Crippen LogP contribution in [0.1, 0.15) is 19.2 Å². The lowest BCUT2D eigenvalue weighted by Gasteiger charge is -2.08. The number of para-hydroxylation sites is 1. The molecule has 100 valence electrons. The number of carbonyl (C=O) groups is 1. The average Bonchev–Trinajstić information content (AvgIpc) is 2.81. The number of aliphatic carboxylic acids is 1. The van der Waals surface area contributed by atoms with Gasteiger partial charge >= 0.3 is 5.97 Å². The normalized spacial score (nSPS) is 10.6. The van der Waals surface area contributed by atoms with Crippen LogP contribution in [-0.4, -0.2) is 31.6 Å². The van der Waals surface area contributed by atoms with Crippen molar-refractivity contribution < 1.29 is 9.90 Å². The molecule has 0 unspecified atom stereocenters. The highest BCUT2D eigenvalue weighted by atomic mass is 32.2. The van der Waals surface area contributed by atoms with Gasteiger partial charge in [-0.2, -0.15) is 0 Å².